The molecule has 0 aromatic carbocycles. The Balaban J connectivity index is 1.46. The molecule has 0 saturated carbocycles. The van der Waals surface area contributed by atoms with Gasteiger partial charge in [0.15, 0.2) is 0 Å². The molecule has 0 aliphatic carbocycles. The van der Waals surface area contributed by atoms with Gasteiger partial charge in [0, 0.05) is 32.8 Å². The highest BCUT2D eigenvalue weighted by Gasteiger charge is 2.29. The van der Waals surface area contributed by atoms with Gasteiger partial charge in [0.25, 0.3) is 5.91 Å². The summed E-state index contributed by atoms with van der Waals surface area (Å²) in [7, 11) is 0. The number of carbonyl (C=O) groups is 1. The van der Waals surface area contributed by atoms with Crippen LogP contribution >= 0.6 is 0 Å². The summed E-state index contributed by atoms with van der Waals surface area (Å²) < 4.78 is 10.9. The largest absolute Gasteiger partial charge is 0.468 e. The van der Waals surface area contributed by atoms with Gasteiger partial charge in [0.1, 0.15) is 11.9 Å². The van der Waals surface area contributed by atoms with E-state index in [1.54, 1.807) is 6.26 Å². The predicted molar refractivity (Wildman–Crippen MR) is 74.2 cm³/mol. The second kappa shape index (κ2) is 6.41. The van der Waals surface area contributed by atoms with Crippen LogP contribution in [0, 0.1) is 0 Å². The normalized spacial score (nSPS) is 24.8. The molecule has 2 aliphatic heterocycles. The maximum Gasteiger partial charge on any atom is 0.251 e. The van der Waals surface area contributed by atoms with E-state index in [1.807, 2.05) is 17.0 Å². The van der Waals surface area contributed by atoms with Gasteiger partial charge in [-0.25, -0.2) is 0 Å². The molecule has 0 N–H and O–H groups in total. The highest BCUT2D eigenvalue weighted by Crippen LogP contribution is 2.16. The van der Waals surface area contributed by atoms with E-state index in [9.17, 15) is 4.79 Å². The molecule has 0 bridgehead atoms. The molecular weight excluding hydrogens is 256 g/mol. The molecule has 2 fully saturated rings. The van der Waals surface area contributed by atoms with Gasteiger partial charge in [-0.2, -0.15) is 0 Å². The summed E-state index contributed by atoms with van der Waals surface area (Å²) in [5.74, 6) is 1.17. The lowest BCUT2D eigenvalue weighted by Crippen LogP contribution is -2.51. The van der Waals surface area contributed by atoms with Gasteiger partial charge in [0.2, 0.25) is 0 Å². The Morgan fingerprint density at radius 1 is 1.25 bits per heavy atom. The number of ether oxygens (including phenoxy) is 1. The van der Waals surface area contributed by atoms with Crippen LogP contribution in [-0.2, 0) is 16.1 Å². The van der Waals surface area contributed by atoms with Crippen molar-refractivity contribution < 1.29 is 13.9 Å². The lowest BCUT2D eigenvalue weighted by Gasteiger charge is -2.36. The molecule has 5 heteroatoms. The number of rotatable bonds is 3. The molecule has 5 nitrogen and oxygen atoms in total. The van der Waals surface area contributed by atoms with E-state index in [0.717, 1.165) is 64.4 Å². The van der Waals surface area contributed by atoms with Crippen LogP contribution in [0.25, 0.3) is 0 Å². The van der Waals surface area contributed by atoms with E-state index < -0.39 is 0 Å². The van der Waals surface area contributed by atoms with Crippen molar-refractivity contribution in [1.82, 2.24) is 9.80 Å². The average molecular weight is 278 g/mol. The van der Waals surface area contributed by atoms with Crippen LogP contribution in [0.5, 0.6) is 0 Å². The van der Waals surface area contributed by atoms with Crippen molar-refractivity contribution in [3.63, 3.8) is 0 Å². The monoisotopic (exact) mass is 278 g/mol. The van der Waals surface area contributed by atoms with E-state index in [1.165, 1.54) is 0 Å². The molecule has 1 aromatic rings. The minimum Gasteiger partial charge on any atom is -0.468 e. The first-order chi connectivity index (χ1) is 9.83. The number of carbonyl (C=O) groups excluding carboxylic acids is 1. The van der Waals surface area contributed by atoms with Crippen molar-refractivity contribution in [2.75, 3.05) is 32.8 Å². The number of nitrogens with zero attached hydrogens (tertiary/aromatic N) is 2. The average Bonchev–Trinajstić information content (AvgIpc) is 3.01. The quantitative estimate of drug-likeness (QED) is 0.840. The first-order valence-electron chi connectivity index (χ1n) is 7.48. The van der Waals surface area contributed by atoms with Crippen molar-refractivity contribution in [2.45, 2.75) is 31.9 Å². The van der Waals surface area contributed by atoms with Gasteiger partial charge in [0.05, 0.1) is 12.8 Å². The Morgan fingerprint density at radius 2 is 2.10 bits per heavy atom. The fourth-order valence-electron chi connectivity index (χ4n) is 2.89. The second-order valence-electron chi connectivity index (χ2n) is 5.54. The van der Waals surface area contributed by atoms with E-state index in [4.69, 9.17) is 9.15 Å². The van der Waals surface area contributed by atoms with Crippen molar-refractivity contribution >= 4 is 5.91 Å². The number of piperazine rings is 1. The molecule has 3 heterocycles. The van der Waals surface area contributed by atoms with Crippen LogP contribution in [0.1, 0.15) is 25.0 Å². The van der Waals surface area contributed by atoms with Crippen molar-refractivity contribution in [1.29, 1.82) is 0 Å². The minimum atomic E-state index is -0.194. The first kappa shape index (κ1) is 13.6. The third-order valence-corrected chi connectivity index (χ3v) is 4.10. The Labute approximate surface area is 119 Å². The number of hydrogen-bond acceptors (Lipinski definition) is 4. The van der Waals surface area contributed by atoms with Crippen LogP contribution in [0.2, 0.25) is 0 Å². The molecule has 0 spiro atoms. The van der Waals surface area contributed by atoms with Gasteiger partial charge in [-0.3, -0.25) is 9.69 Å². The molecular formula is C15H22N2O3. The van der Waals surface area contributed by atoms with Crippen molar-refractivity contribution in [2.24, 2.45) is 0 Å². The molecule has 3 rings (SSSR count). The van der Waals surface area contributed by atoms with Crippen LogP contribution < -0.4 is 0 Å². The summed E-state index contributed by atoms with van der Waals surface area (Å²) in [5.41, 5.74) is 0. The molecule has 110 valence electrons. The topological polar surface area (TPSA) is 45.9 Å². The summed E-state index contributed by atoms with van der Waals surface area (Å²) in [6.45, 7) is 4.95. The Kier molecular flexibility index (Phi) is 4.38. The molecule has 20 heavy (non-hydrogen) atoms. The summed E-state index contributed by atoms with van der Waals surface area (Å²) in [5, 5.41) is 0. The van der Waals surface area contributed by atoms with Gasteiger partial charge in [-0.15, -0.1) is 0 Å². The smallest absolute Gasteiger partial charge is 0.251 e. The van der Waals surface area contributed by atoms with E-state index in [-0.39, 0.29) is 12.0 Å². The number of amides is 1. The van der Waals surface area contributed by atoms with Gasteiger partial charge in [-0.05, 0) is 31.4 Å². The van der Waals surface area contributed by atoms with E-state index >= 15 is 0 Å². The van der Waals surface area contributed by atoms with Crippen LogP contribution in [0.15, 0.2) is 22.8 Å². The lowest BCUT2D eigenvalue weighted by molar-refractivity contribution is -0.148. The molecule has 2 saturated heterocycles. The third kappa shape index (κ3) is 3.22. The standard InChI is InChI=1S/C15H22N2O3/c18-15(14-5-1-2-10-20-14)17-8-6-16(7-9-17)12-13-4-3-11-19-13/h3-4,11,14H,1-2,5-10,12H2. The lowest BCUT2D eigenvalue weighted by atomic mass is 10.1. The minimum absolute atomic E-state index is 0.183. The number of hydrogen-bond donors (Lipinski definition) is 0. The van der Waals surface area contributed by atoms with Crippen molar-refractivity contribution in [3.8, 4) is 0 Å². The van der Waals surface area contributed by atoms with Crippen LogP contribution in [0.3, 0.4) is 0 Å². The molecule has 2 aliphatic rings. The predicted octanol–water partition coefficient (Wildman–Crippen LogP) is 1.49. The number of furan rings is 1. The van der Waals surface area contributed by atoms with Gasteiger partial charge in [-0.1, -0.05) is 0 Å². The fraction of sp³-hybridized carbons (Fsp3) is 0.667. The third-order valence-electron chi connectivity index (χ3n) is 4.10. The van der Waals surface area contributed by atoms with E-state index in [2.05, 4.69) is 4.90 Å². The molecule has 1 atom stereocenters. The Morgan fingerprint density at radius 3 is 2.75 bits per heavy atom. The Hall–Kier alpha value is -1.33. The zero-order valence-electron chi connectivity index (χ0n) is 11.8. The van der Waals surface area contributed by atoms with Gasteiger partial charge >= 0.3 is 0 Å². The maximum absolute atomic E-state index is 12.3. The highest BCUT2D eigenvalue weighted by molar-refractivity contribution is 5.81. The highest BCUT2D eigenvalue weighted by atomic mass is 16.5. The van der Waals surface area contributed by atoms with Crippen LogP contribution in [-0.4, -0.2) is 54.6 Å². The zero-order chi connectivity index (χ0) is 13.8. The molecule has 1 aromatic heterocycles. The molecule has 1 unspecified atom stereocenters. The molecule has 0 radical (unpaired) electrons. The van der Waals surface area contributed by atoms with Gasteiger partial charge < -0.3 is 14.1 Å². The summed E-state index contributed by atoms with van der Waals surface area (Å²) in [4.78, 5) is 16.6. The van der Waals surface area contributed by atoms with Crippen LogP contribution in [0.4, 0.5) is 0 Å². The summed E-state index contributed by atoms with van der Waals surface area (Å²) >= 11 is 0. The summed E-state index contributed by atoms with van der Waals surface area (Å²) in [6.07, 6.45) is 4.58. The summed E-state index contributed by atoms with van der Waals surface area (Å²) in [6, 6.07) is 3.91. The maximum atomic E-state index is 12.3. The van der Waals surface area contributed by atoms with E-state index in [0.29, 0.717) is 0 Å². The van der Waals surface area contributed by atoms with Crippen molar-refractivity contribution in [3.05, 3.63) is 24.2 Å². The zero-order valence-corrected chi connectivity index (χ0v) is 11.8. The first-order valence-corrected chi connectivity index (χ1v) is 7.48. The fourth-order valence-corrected chi connectivity index (χ4v) is 2.89. The second-order valence-corrected chi connectivity index (χ2v) is 5.54. The Bertz CT molecular complexity index is 418. The SMILES string of the molecule is O=C(C1CCCCO1)N1CCN(Cc2ccco2)CC1. The molecule has 1 amide bonds.